The van der Waals surface area contributed by atoms with Crippen molar-refractivity contribution in [3.8, 4) is 0 Å². The third kappa shape index (κ3) is 3.73. The summed E-state index contributed by atoms with van der Waals surface area (Å²) in [5, 5.41) is 0.955. The molecule has 2 heterocycles. The van der Waals surface area contributed by atoms with E-state index in [9.17, 15) is 9.59 Å². The van der Waals surface area contributed by atoms with Crippen molar-refractivity contribution in [3.63, 3.8) is 0 Å². The zero-order chi connectivity index (χ0) is 18.6. The van der Waals surface area contributed by atoms with E-state index in [-0.39, 0.29) is 23.4 Å². The Bertz CT molecular complexity index is 966. The van der Waals surface area contributed by atoms with Gasteiger partial charge in [-0.2, -0.15) is 0 Å². The van der Waals surface area contributed by atoms with E-state index in [0.717, 1.165) is 21.6 Å². The summed E-state index contributed by atoms with van der Waals surface area (Å²) in [6.07, 6.45) is 7.01. The lowest BCUT2D eigenvalue weighted by molar-refractivity contribution is -0.126. The van der Waals surface area contributed by atoms with Gasteiger partial charge >= 0.3 is 0 Å². The first-order valence-electron chi connectivity index (χ1n) is 8.74. The molecule has 0 unspecified atom stereocenters. The molecule has 0 aliphatic heterocycles. The van der Waals surface area contributed by atoms with Crippen LogP contribution in [0.1, 0.15) is 34.3 Å². The molecular weight excluding hydrogens is 360 g/mol. The third-order valence-electron chi connectivity index (χ3n) is 4.59. The van der Waals surface area contributed by atoms with Gasteiger partial charge in [0.15, 0.2) is 0 Å². The number of para-hydroxylation sites is 1. The predicted octanol–water partition coefficient (Wildman–Crippen LogP) is 3.20. The summed E-state index contributed by atoms with van der Waals surface area (Å²) < 4.78 is 1.12. The standard InChI is InChI=1S/C20H18N4O2S/c25-18(23-24-19(26)16-10-5-6-12-21-16)13-7-1-2-8-14(13)20-22-15-9-3-4-11-17(15)27-20/h1-6,9-14H,7-8H2,(H,23,25)(H,24,26)/t13-,14-/m1/s1. The number of nitrogens with zero attached hydrogens (tertiary/aromatic N) is 2. The summed E-state index contributed by atoms with van der Waals surface area (Å²) in [5.74, 6) is -0.932. The van der Waals surface area contributed by atoms with Crippen LogP contribution in [0.5, 0.6) is 0 Å². The first kappa shape index (κ1) is 17.4. The Morgan fingerprint density at radius 1 is 1.00 bits per heavy atom. The monoisotopic (exact) mass is 378 g/mol. The maximum atomic E-state index is 12.7. The smallest absolute Gasteiger partial charge is 0.273 e. The van der Waals surface area contributed by atoms with E-state index in [2.05, 4.69) is 21.9 Å². The molecule has 136 valence electrons. The third-order valence-corrected chi connectivity index (χ3v) is 5.76. The number of carbonyl (C=O) groups excluding carboxylic acids is 2. The molecule has 2 aromatic heterocycles. The number of hydrogen-bond acceptors (Lipinski definition) is 5. The highest BCUT2D eigenvalue weighted by atomic mass is 32.1. The zero-order valence-electron chi connectivity index (χ0n) is 14.5. The van der Waals surface area contributed by atoms with Crippen LogP contribution in [0.4, 0.5) is 0 Å². The van der Waals surface area contributed by atoms with E-state index in [1.54, 1.807) is 29.5 Å². The van der Waals surface area contributed by atoms with Crippen LogP contribution in [0.2, 0.25) is 0 Å². The van der Waals surface area contributed by atoms with Gasteiger partial charge in [0, 0.05) is 12.1 Å². The molecular formula is C20H18N4O2S. The van der Waals surface area contributed by atoms with Crippen LogP contribution in [0, 0.1) is 5.92 Å². The van der Waals surface area contributed by atoms with Crippen molar-refractivity contribution in [2.75, 3.05) is 0 Å². The normalized spacial score (nSPS) is 19.0. The molecule has 1 aliphatic rings. The summed E-state index contributed by atoms with van der Waals surface area (Å²) in [6.45, 7) is 0. The molecule has 2 atom stereocenters. The average molecular weight is 378 g/mol. The number of allylic oxidation sites excluding steroid dienone is 2. The Morgan fingerprint density at radius 3 is 2.63 bits per heavy atom. The fraction of sp³-hybridized carbons (Fsp3) is 0.200. The molecule has 0 spiro atoms. The number of carbonyl (C=O) groups is 2. The molecule has 0 fully saturated rings. The zero-order valence-corrected chi connectivity index (χ0v) is 15.3. The SMILES string of the molecule is O=C(NNC(=O)[C@@H]1CC=CC[C@H]1c1nc2ccccc2s1)c1ccccn1. The molecule has 0 bridgehead atoms. The van der Waals surface area contributed by atoms with Crippen molar-refractivity contribution < 1.29 is 9.59 Å². The first-order valence-corrected chi connectivity index (χ1v) is 9.56. The Hall–Kier alpha value is -3.06. The summed E-state index contributed by atoms with van der Waals surface area (Å²) >= 11 is 1.62. The molecule has 7 heteroatoms. The minimum atomic E-state index is -0.438. The van der Waals surface area contributed by atoms with Gasteiger partial charge in [-0.25, -0.2) is 4.98 Å². The Labute approximate surface area is 160 Å². The minimum absolute atomic E-state index is 0.000785. The highest BCUT2D eigenvalue weighted by Crippen LogP contribution is 2.38. The van der Waals surface area contributed by atoms with Gasteiger partial charge in [-0.3, -0.25) is 25.4 Å². The Kier molecular flexibility index (Phi) is 4.93. The van der Waals surface area contributed by atoms with Gasteiger partial charge in [0.05, 0.1) is 21.1 Å². The molecule has 1 aromatic carbocycles. The Morgan fingerprint density at radius 2 is 1.81 bits per heavy atom. The van der Waals surface area contributed by atoms with Crippen molar-refractivity contribution >= 4 is 33.4 Å². The summed E-state index contributed by atoms with van der Waals surface area (Å²) in [6, 6.07) is 13.0. The van der Waals surface area contributed by atoms with Gasteiger partial charge in [-0.1, -0.05) is 30.4 Å². The van der Waals surface area contributed by atoms with Gasteiger partial charge in [0.25, 0.3) is 5.91 Å². The summed E-state index contributed by atoms with van der Waals surface area (Å²) in [7, 11) is 0. The van der Waals surface area contributed by atoms with Crippen LogP contribution in [0.3, 0.4) is 0 Å². The molecule has 3 aromatic rings. The number of pyridine rings is 1. The van der Waals surface area contributed by atoms with E-state index in [1.165, 1.54) is 6.20 Å². The molecule has 27 heavy (non-hydrogen) atoms. The number of rotatable bonds is 3. The van der Waals surface area contributed by atoms with Crippen LogP contribution >= 0.6 is 11.3 Å². The van der Waals surface area contributed by atoms with Crippen LogP contribution in [-0.4, -0.2) is 21.8 Å². The van der Waals surface area contributed by atoms with Crippen molar-refractivity contribution in [3.05, 3.63) is 71.5 Å². The van der Waals surface area contributed by atoms with Gasteiger partial charge in [-0.15, -0.1) is 11.3 Å². The second-order valence-electron chi connectivity index (χ2n) is 6.33. The fourth-order valence-corrected chi connectivity index (χ4v) is 4.34. The van der Waals surface area contributed by atoms with Crippen LogP contribution in [0.25, 0.3) is 10.2 Å². The van der Waals surface area contributed by atoms with Gasteiger partial charge < -0.3 is 0 Å². The molecule has 2 amide bonds. The lowest BCUT2D eigenvalue weighted by atomic mass is 9.83. The van der Waals surface area contributed by atoms with Gasteiger partial charge in [0.2, 0.25) is 5.91 Å². The quantitative estimate of drug-likeness (QED) is 0.541. The van der Waals surface area contributed by atoms with Crippen molar-refractivity contribution in [2.24, 2.45) is 5.92 Å². The van der Waals surface area contributed by atoms with Crippen molar-refractivity contribution in [1.29, 1.82) is 0 Å². The number of aromatic nitrogens is 2. The molecule has 0 saturated carbocycles. The highest BCUT2D eigenvalue weighted by molar-refractivity contribution is 7.18. The number of nitrogens with one attached hydrogen (secondary N) is 2. The number of thiazole rings is 1. The number of amides is 2. The fourth-order valence-electron chi connectivity index (χ4n) is 3.20. The van der Waals surface area contributed by atoms with Crippen LogP contribution in [0.15, 0.2) is 60.8 Å². The van der Waals surface area contributed by atoms with E-state index >= 15 is 0 Å². The van der Waals surface area contributed by atoms with Gasteiger partial charge in [0.1, 0.15) is 5.69 Å². The van der Waals surface area contributed by atoms with Crippen molar-refractivity contribution in [2.45, 2.75) is 18.8 Å². The van der Waals surface area contributed by atoms with Crippen LogP contribution in [-0.2, 0) is 4.79 Å². The molecule has 4 rings (SSSR count). The van der Waals surface area contributed by atoms with Crippen LogP contribution < -0.4 is 10.9 Å². The number of hydrazine groups is 1. The maximum Gasteiger partial charge on any atom is 0.288 e. The van der Waals surface area contributed by atoms with E-state index in [4.69, 9.17) is 4.98 Å². The highest BCUT2D eigenvalue weighted by Gasteiger charge is 2.32. The van der Waals surface area contributed by atoms with E-state index in [0.29, 0.717) is 6.42 Å². The second kappa shape index (κ2) is 7.67. The second-order valence-corrected chi connectivity index (χ2v) is 7.40. The molecule has 6 nitrogen and oxygen atoms in total. The number of benzene rings is 1. The van der Waals surface area contributed by atoms with Gasteiger partial charge in [-0.05, 0) is 37.1 Å². The molecule has 2 N–H and O–H groups in total. The first-order chi connectivity index (χ1) is 13.2. The molecule has 0 radical (unpaired) electrons. The number of hydrogen-bond donors (Lipinski definition) is 2. The lowest BCUT2D eigenvalue weighted by Crippen LogP contribution is -2.46. The predicted molar refractivity (Wildman–Crippen MR) is 104 cm³/mol. The summed E-state index contributed by atoms with van der Waals surface area (Å²) in [4.78, 5) is 33.5. The summed E-state index contributed by atoms with van der Waals surface area (Å²) in [5.41, 5.74) is 6.21. The topological polar surface area (TPSA) is 84.0 Å². The minimum Gasteiger partial charge on any atom is -0.273 e. The lowest BCUT2D eigenvalue weighted by Gasteiger charge is -2.25. The van der Waals surface area contributed by atoms with E-state index in [1.807, 2.05) is 30.3 Å². The molecule has 1 aliphatic carbocycles. The molecule has 0 saturated heterocycles. The maximum absolute atomic E-state index is 12.7. The Balaban J connectivity index is 1.48. The van der Waals surface area contributed by atoms with Crippen molar-refractivity contribution in [1.82, 2.24) is 20.8 Å². The number of fused-ring (bicyclic) bond motifs is 1. The average Bonchev–Trinajstić information content (AvgIpc) is 3.16. The van der Waals surface area contributed by atoms with E-state index < -0.39 is 5.91 Å². The largest absolute Gasteiger partial charge is 0.288 e.